The Morgan fingerprint density at radius 2 is 2.21 bits per heavy atom. The quantitative estimate of drug-likeness (QED) is 0.793. The summed E-state index contributed by atoms with van der Waals surface area (Å²) in [7, 11) is 0. The summed E-state index contributed by atoms with van der Waals surface area (Å²) in [4.78, 5) is 4.24. The summed E-state index contributed by atoms with van der Waals surface area (Å²) < 4.78 is 2.34. The van der Waals surface area contributed by atoms with E-state index >= 15 is 0 Å². The van der Waals surface area contributed by atoms with E-state index in [9.17, 15) is 0 Å². The maximum atomic E-state index is 5.59. The first-order valence-electron chi connectivity index (χ1n) is 5.48. The first kappa shape index (κ1) is 9.71. The minimum Gasteiger partial charge on any atom is -0.330 e. The number of hydrogen-bond donors (Lipinski definition) is 1. The van der Waals surface area contributed by atoms with E-state index in [4.69, 9.17) is 5.73 Å². The smallest absolute Gasteiger partial charge is 0.0953 e. The van der Waals surface area contributed by atoms with Gasteiger partial charge in [-0.3, -0.25) is 0 Å². The number of nitrogens with two attached hydrogens (primary N) is 1. The third kappa shape index (κ3) is 1.57. The Morgan fingerprint density at radius 3 is 2.86 bits per heavy atom. The van der Waals surface area contributed by atoms with E-state index in [1.807, 2.05) is 12.5 Å². The van der Waals surface area contributed by atoms with Gasteiger partial charge in [0.1, 0.15) is 0 Å². The molecule has 14 heavy (non-hydrogen) atoms. The molecule has 0 spiro atoms. The highest BCUT2D eigenvalue weighted by molar-refractivity contribution is 5.05. The van der Waals surface area contributed by atoms with Gasteiger partial charge in [-0.25, -0.2) is 4.98 Å². The first-order valence-corrected chi connectivity index (χ1v) is 5.48. The van der Waals surface area contributed by atoms with Crippen molar-refractivity contribution in [2.75, 3.05) is 6.54 Å². The molecule has 0 aliphatic heterocycles. The third-order valence-corrected chi connectivity index (χ3v) is 3.38. The van der Waals surface area contributed by atoms with Crippen molar-refractivity contribution in [3.05, 3.63) is 18.2 Å². The van der Waals surface area contributed by atoms with E-state index < -0.39 is 0 Å². The van der Waals surface area contributed by atoms with Crippen molar-refractivity contribution in [2.45, 2.75) is 44.6 Å². The lowest BCUT2D eigenvalue weighted by molar-refractivity contribution is 0.320. The molecule has 1 aliphatic rings. The summed E-state index contributed by atoms with van der Waals surface area (Å²) in [6, 6.07) is 0. The Bertz CT molecular complexity index is 297. The molecule has 1 aromatic heterocycles. The predicted molar refractivity (Wildman–Crippen MR) is 57.1 cm³/mol. The van der Waals surface area contributed by atoms with E-state index in [0.29, 0.717) is 12.1 Å². The maximum absolute atomic E-state index is 5.59. The largest absolute Gasteiger partial charge is 0.330 e. The molecule has 1 aromatic rings. The summed E-state index contributed by atoms with van der Waals surface area (Å²) in [6.07, 6.45) is 10.1. The highest BCUT2D eigenvalue weighted by Crippen LogP contribution is 2.36. The topological polar surface area (TPSA) is 43.8 Å². The van der Waals surface area contributed by atoms with Gasteiger partial charge in [-0.05, 0) is 26.3 Å². The molecule has 3 heteroatoms. The number of hydrogen-bond acceptors (Lipinski definition) is 2. The predicted octanol–water partition coefficient (Wildman–Crippen LogP) is 1.67. The van der Waals surface area contributed by atoms with Crippen LogP contribution >= 0.6 is 0 Å². The molecule has 1 fully saturated rings. The summed E-state index contributed by atoms with van der Waals surface area (Å²) in [5.74, 6) is 0. The molecule has 0 amide bonds. The molecule has 2 rings (SSSR count). The van der Waals surface area contributed by atoms with Crippen molar-refractivity contribution in [3.8, 4) is 0 Å². The highest BCUT2D eigenvalue weighted by atomic mass is 15.1. The Hall–Kier alpha value is -0.830. The fourth-order valence-electron chi connectivity index (χ4n) is 2.52. The van der Waals surface area contributed by atoms with Gasteiger partial charge in [0.2, 0.25) is 0 Å². The van der Waals surface area contributed by atoms with Crippen LogP contribution in [0.5, 0.6) is 0 Å². The van der Waals surface area contributed by atoms with Crippen molar-refractivity contribution in [2.24, 2.45) is 5.73 Å². The van der Waals surface area contributed by atoms with Crippen LogP contribution in [0.1, 0.15) is 38.3 Å². The Labute approximate surface area is 85.3 Å². The molecule has 0 aromatic carbocycles. The zero-order valence-electron chi connectivity index (χ0n) is 8.87. The number of imidazole rings is 1. The Kier molecular flexibility index (Phi) is 2.59. The van der Waals surface area contributed by atoms with Gasteiger partial charge in [0.25, 0.3) is 0 Å². The number of rotatable bonds is 3. The second-order valence-corrected chi connectivity index (χ2v) is 4.50. The van der Waals surface area contributed by atoms with Gasteiger partial charge >= 0.3 is 0 Å². The normalized spacial score (nSPS) is 20.1. The summed E-state index contributed by atoms with van der Waals surface area (Å²) in [5.41, 5.74) is 7.18. The standard InChI is InChI=1S/C11H19N3/c1-11(5-2-3-6-11)14-9-13-8-10(14)4-7-12/h8-9H,2-7,12H2,1H3. The van der Waals surface area contributed by atoms with Gasteiger partial charge in [0.15, 0.2) is 0 Å². The second-order valence-electron chi connectivity index (χ2n) is 4.50. The molecule has 0 radical (unpaired) electrons. The fourth-order valence-corrected chi connectivity index (χ4v) is 2.52. The Morgan fingerprint density at radius 1 is 1.50 bits per heavy atom. The minimum atomic E-state index is 0.307. The monoisotopic (exact) mass is 193 g/mol. The summed E-state index contributed by atoms with van der Waals surface area (Å²) in [5, 5.41) is 0. The van der Waals surface area contributed by atoms with Crippen LogP contribution in [0.15, 0.2) is 12.5 Å². The zero-order valence-corrected chi connectivity index (χ0v) is 8.87. The van der Waals surface area contributed by atoms with Crippen LogP contribution < -0.4 is 5.73 Å². The number of nitrogens with zero attached hydrogens (tertiary/aromatic N) is 2. The van der Waals surface area contributed by atoms with Crippen LogP contribution in [-0.4, -0.2) is 16.1 Å². The lowest BCUT2D eigenvalue weighted by Crippen LogP contribution is -2.28. The molecule has 3 nitrogen and oxygen atoms in total. The molecule has 1 saturated carbocycles. The molecule has 0 saturated heterocycles. The van der Waals surface area contributed by atoms with Crippen molar-refractivity contribution in [3.63, 3.8) is 0 Å². The maximum Gasteiger partial charge on any atom is 0.0953 e. The zero-order chi connectivity index (χ0) is 10.0. The minimum absolute atomic E-state index is 0.307. The summed E-state index contributed by atoms with van der Waals surface area (Å²) in [6.45, 7) is 3.05. The third-order valence-electron chi connectivity index (χ3n) is 3.38. The van der Waals surface area contributed by atoms with Gasteiger partial charge in [0.05, 0.1) is 6.33 Å². The van der Waals surface area contributed by atoms with Crippen molar-refractivity contribution >= 4 is 0 Å². The van der Waals surface area contributed by atoms with E-state index in [2.05, 4.69) is 16.5 Å². The first-order chi connectivity index (χ1) is 6.76. The van der Waals surface area contributed by atoms with E-state index in [-0.39, 0.29) is 0 Å². The molecule has 2 N–H and O–H groups in total. The van der Waals surface area contributed by atoms with Crippen molar-refractivity contribution in [1.82, 2.24) is 9.55 Å². The van der Waals surface area contributed by atoms with E-state index in [0.717, 1.165) is 6.42 Å². The molecule has 1 aliphatic carbocycles. The van der Waals surface area contributed by atoms with Gasteiger partial charge in [-0.15, -0.1) is 0 Å². The van der Waals surface area contributed by atoms with Gasteiger partial charge < -0.3 is 10.3 Å². The van der Waals surface area contributed by atoms with Gasteiger partial charge in [-0.1, -0.05) is 12.8 Å². The molecule has 1 heterocycles. The molecule has 0 unspecified atom stereocenters. The molecular formula is C11H19N3. The highest BCUT2D eigenvalue weighted by Gasteiger charge is 2.31. The molecule has 0 atom stereocenters. The van der Waals surface area contributed by atoms with Gasteiger partial charge in [-0.2, -0.15) is 0 Å². The van der Waals surface area contributed by atoms with Crippen LogP contribution in [-0.2, 0) is 12.0 Å². The van der Waals surface area contributed by atoms with Crippen LogP contribution in [0.3, 0.4) is 0 Å². The van der Waals surface area contributed by atoms with Crippen LogP contribution in [0.2, 0.25) is 0 Å². The van der Waals surface area contributed by atoms with Gasteiger partial charge in [0, 0.05) is 23.9 Å². The molecular weight excluding hydrogens is 174 g/mol. The fraction of sp³-hybridized carbons (Fsp3) is 0.727. The lowest BCUT2D eigenvalue weighted by atomic mass is 10.00. The Balaban J connectivity index is 2.25. The van der Waals surface area contributed by atoms with Crippen LogP contribution in [0.25, 0.3) is 0 Å². The molecule has 0 bridgehead atoms. The second kappa shape index (κ2) is 3.73. The van der Waals surface area contributed by atoms with Crippen molar-refractivity contribution in [1.29, 1.82) is 0 Å². The average molecular weight is 193 g/mol. The molecule has 78 valence electrons. The average Bonchev–Trinajstić information content (AvgIpc) is 2.75. The van der Waals surface area contributed by atoms with Crippen molar-refractivity contribution < 1.29 is 0 Å². The van der Waals surface area contributed by atoms with E-state index in [1.54, 1.807) is 0 Å². The van der Waals surface area contributed by atoms with Crippen LogP contribution in [0.4, 0.5) is 0 Å². The number of aromatic nitrogens is 2. The van der Waals surface area contributed by atoms with Crippen LogP contribution in [0, 0.1) is 0 Å². The summed E-state index contributed by atoms with van der Waals surface area (Å²) >= 11 is 0. The SMILES string of the molecule is CC1(n2cncc2CCN)CCCC1. The van der Waals surface area contributed by atoms with E-state index in [1.165, 1.54) is 31.4 Å². The lowest BCUT2D eigenvalue weighted by Gasteiger charge is -2.27.